The molecule has 0 amide bonds. The number of ether oxygens (including phenoxy) is 4. The molecule has 206 valence electrons. The van der Waals surface area contributed by atoms with Crippen LogP contribution in [-0.2, 0) is 22.3 Å². The maximum absolute atomic E-state index is 6.63. The van der Waals surface area contributed by atoms with E-state index in [9.17, 15) is 0 Å². The van der Waals surface area contributed by atoms with Gasteiger partial charge in [0.1, 0.15) is 23.7 Å². The first-order valence-corrected chi connectivity index (χ1v) is 14.6. The van der Waals surface area contributed by atoms with Crippen molar-refractivity contribution in [1.29, 1.82) is 0 Å². The van der Waals surface area contributed by atoms with Gasteiger partial charge in [0.2, 0.25) is 0 Å². The fraction of sp³-hybridized carbons (Fsp3) is 0.294. The van der Waals surface area contributed by atoms with Crippen LogP contribution in [0.25, 0.3) is 11.1 Å². The standard InChI is InChI=1S/C34H32Cl2O4/c35-33-11-5-25(19-27(33)17-23-1-7-29(8-2-23)39-31-13-15-37-21-31)26-6-12-34(36)28(20-26)18-24-3-9-30(10-4-24)40-32-14-16-38-22-32/h1-12,19-20,31-32H,13-18,21-22H2/t31-,32-/m0/s1. The predicted octanol–water partition coefficient (Wildman–Crippen LogP) is 8.18. The third kappa shape index (κ3) is 6.82. The molecule has 4 aromatic rings. The van der Waals surface area contributed by atoms with Crippen LogP contribution in [0.5, 0.6) is 11.5 Å². The molecule has 0 radical (unpaired) electrons. The summed E-state index contributed by atoms with van der Waals surface area (Å²) in [6, 6.07) is 29.0. The van der Waals surface area contributed by atoms with Crippen molar-refractivity contribution in [2.75, 3.05) is 26.4 Å². The monoisotopic (exact) mass is 574 g/mol. The van der Waals surface area contributed by atoms with Gasteiger partial charge >= 0.3 is 0 Å². The summed E-state index contributed by atoms with van der Waals surface area (Å²) in [6.07, 6.45) is 3.64. The number of hydrogen-bond acceptors (Lipinski definition) is 4. The lowest BCUT2D eigenvalue weighted by atomic mass is 9.96. The van der Waals surface area contributed by atoms with Crippen molar-refractivity contribution in [2.45, 2.75) is 37.9 Å². The van der Waals surface area contributed by atoms with Crippen LogP contribution >= 0.6 is 23.2 Å². The molecular weight excluding hydrogens is 543 g/mol. The molecule has 2 heterocycles. The molecule has 0 spiro atoms. The van der Waals surface area contributed by atoms with Crippen molar-refractivity contribution in [3.63, 3.8) is 0 Å². The predicted molar refractivity (Wildman–Crippen MR) is 160 cm³/mol. The first-order valence-electron chi connectivity index (χ1n) is 13.8. The smallest absolute Gasteiger partial charge is 0.124 e. The van der Waals surface area contributed by atoms with Gasteiger partial charge in [-0.15, -0.1) is 0 Å². The SMILES string of the molecule is Clc1ccc(-c2ccc(Cl)c(Cc3ccc(O[C@H]4CCOC4)cc3)c2)cc1Cc1ccc(O[C@H]2CCOC2)cc1. The van der Waals surface area contributed by atoms with Gasteiger partial charge in [0, 0.05) is 22.9 Å². The van der Waals surface area contributed by atoms with Gasteiger partial charge in [-0.2, -0.15) is 0 Å². The Hall–Kier alpha value is -3.02. The van der Waals surface area contributed by atoms with E-state index in [4.69, 9.17) is 42.1 Å². The number of hydrogen-bond donors (Lipinski definition) is 0. The van der Waals surface area contributed by atoms with Crippen LogP contribution in [0.2, 0.25) is 10.0 Å². The molecular formula is C34H32Cl2O4. The molecule has 6 heteroatoms. The number of rotatable bonds is 9. The van der Waals surface area contributed by atoms with E-state index in [0.29, 0.717) is 13.2 Å². The van der Waals surface area contributed by atoms with E-state index < -0.39 is 0 Å². The molecule has 4 aromatic carbocycles. The van der Waals surface area contributed by atoms with Crippen LogP contribution in [0, 0.1) is 0 Å². The zero-order valence-electron chi connectivity index (χ0n) is 22.3. The Morgan fingerprint density at radius 2 is 1.00 bits per heavy atom. The second kappa shape index (κ2) is 12.7. The molecule has 0 saturated carbocycles. The highest BCUT2D eigenvalue weighted by Crippen LogP contribution is 2.31. The highest BCUT2D eigenvalue weighted by atomic mass is 35.5. The molecule has 0 bridgehead atoms. The minimum Gasteiger partial charge on any atom is -0.488 e. The van der Waals surface area contributed by atoms with Crippen LogP contribution in [-0.4, -0.2) is 38.6 Å². The largest absolute Gasteiger partial charge is 0.488 e. The third-order valence-electron chi connectivity index (χ3n) is 7.44. The van der Waals surface area contributed by atoms with Gasteiger partial charge in [0.25, 0.3) is 0 Å². The van der Waals surface area contributed by atoms with E-state index >= 15 is 0 Å². The molecule has 2 aliphatic heterocycles. The molecule has 0 unspecified atom stereocenters. The van der Waals surface area contributed by atoms with E-state index in [2.05, 4.69) is 48.5 Å². The molecule has 6 rings (SSSR count). The fourth-order valence-corrected chi connectivity index (χ4v) is 5.56. The quantitative estimate of drug-likeness (QED) is 0.202. The lowest BCUT2D eigenvalue weighted by Gasteiger charge is -2.14. The fourth-order valence-electron chi connectivity index (χ4n) is 5.19. The Balaban J connectivity index is 1.14. The summed E-state index contributed by atoms with van der Waals surface area (Å²) in [5.74, 6) is 1.75. The van der Waals surface area contributed by atoms with Gasteiger partial charge in [0.15, 0.2) is 0 Å². The van der Waals surface area contributed by atoms with Crippen molar-refractivity contribution < 1.29 is 18.9 Å². The first-order chi connectivity index (χ1) is 19.6. The Kier molecular flexibility index (Phi) is 8.59. The summed E-state index contributed by atoms with van der Waals surface area (Å²) >= 11 is 13.3. The van der Waals surface area contributed by atoms with E-state index in [1.165, 1.54) is 11.1 Å². The Morgan fingerprint density at radius 1 is 0.575 bits per heavy atom. The molecule has 2 saturated heterocycles. The summed E-state index contributed by atoms with van der Waals surface area (Å²) in [5, 5.41) is 1.51. The topological polar surface area (TPSA) is 36.9 Å². The van der Waals surface area contributed by atoms with Crippen molar-refractivity contribution in [3.8, 4) is 22.6 Å². The van der Waals surface area contributed by atoms with Gasteiger partial charge in [0.05, 0.1) is 26.4 Å². The first kappa shape index (κ1) is 27.2. The van der Waals surface area contributed by atoms with Gasteiger partial charge in [-0.25, -0.2) is 0 Å². The van der Waals surface area contributed by atoms with Crippen LogP contribution in [0.3, 0.4) is 0 Å². The van der Waals surface area contributed by atoms with Crippen LogP contribution < -0.4 is 9.47 Å². The zero-order valence-corrected chi connectivity index (χ0v) is 23.8. The van der Waals surface area contributed by atoms with Crippen LogP contribution in [0.4, 0.5) is 0 Å². The zero-order chi connectivity index (χ0) is 27.3. The molecule has 40 heavy (non-hydrogen) atoms. The Labute approximate surface area is 245 Å². The van der Waals surface area contributed by atoms with Crippen molar-refractivity contribution in [2.24, 2.45) is 0 Å². The van der Waals surface area contributed by atoms with E-state index in [1.807, 2.05) is 36.4 Å². The second-order valence-electron chi connectivity index (χ2n) is 10.5. The van der Waals surface area contributed by atoms with Gasteiger partial charge < -0.3 is 18.9 Å². The Bertz CT molecular complexity index is 1310. The van der Waals surface area contributed by atoms with Gasteiger partial charge in [-0.05, 0) is 94.8 Å². The molecule has 2 aliphatic rings. The van der Waals surface area contributed by atoms with Crippen LogP contribution in [0.15, 0.2) is 84.9 Å². The summed E-state index contributed by atoms with van der Waals surface area (Å²) in [5.41, 5.74) is 6.74. The van der Waals surface area contributed by atoms with Gasteiger partial charge in [-0.3, -0.25) is 0 Å². The Morgan fingerprint density at radius 3 is 1.38 bits per heavy atom. The summed E-state index contributed by atoms with van der Waals surface area (Å²) in [6.45, 7) is 2.86. The minimum atomic E-state index is 0.145. The maximum atomic E-state index is 6.63. The normalized spacial score (nSPS) is 18.6. The molecule has 4 nitrogen and oxygen atoms in total. The lowest BCUT2D eigenvalue weighted by Crippen LogP contribution is -2.15. The number of halogens is 2. The second-order valence-corrected chi connectivity index (χ2v) is 11.3. The van der Waals surface area contributed by atoms with Crippen molar-refractivity contribution >= 4 is 23.2 Å². The lowest BCUT2D eigenvalue weighted by molar-refractivity contribution is 0.141. The minimum absolute atomic E-state index is 0.145. The average molecular weight is 576 g/mol. The molecule has 0 N–H and O–H groups in total. The third-order valence-corrected chi connectivity index (χ3v) is 8.18. The summed E-state index contributed by atoms with van der Waals surface area (Å²) in [7, 11) is 0. The van der Waals surface area contributed by atoms with Crippen LogP contribution in [0.1, 0.15) is 35.1 Å². The van der Waals surface area contributed by atoms with E-state index in [0.717, 1.165) is 82.7 Å². The number of benzene rings is 4. The average Bonchev–Trinajstić information content (AvgIpc) is 3.68. The summed E-state index contributed by atoms with van der Waals surface area (Å²) < 4.78 is 22.8. The highest BCUT2D eigenvalue weighted by Gasteiger charge is 2.18. The maximum Gasteiger partial charge on any atom is 0.124 e. The van der Waals surface area contributed by atoms with E-state index in [1.54, 1.807) is 0 Å². The molecule has 0 aliphatic carbocycles. The summed E-state index contributed by atoms with van der Waals surface area (Å²) in [4.78, 5) is 0. The van der Waals surface area contributed by atoms with Crippen molar-refractivity contribution in [1.82, 2.24) is 0 Å². The highest BCUT2D eigenvalue weighted by molar-refractivity contribution is 6.32. The molecule has 2 atom stereocenters. The molecule has 0 aromatic heterocycles. The van der Waals surface area contributed by atoms with E-state index in [-0.39, 0.29) is 12.2 Å². The van der Waals surface area contributed by atoms with Crippen molar-refractivity contribution in [3.05, 3.63) is 117 Å². The van der Waals surface area contributed by atoms with Gasteiger partial charge in [-0.1, -0.05) is 59.6 Å². The molecule has 2 fully saturated rings.